The number of aliphatic hydroxyl groups excluding tert-OH is 1. The predicted molar refractivity (Wildman–Crippen MR) is 221 cm³/mol. The molecule has 0 spiro atoms. The molecule has 0 atom stereocenters. The summed E-state index contributed by atoms with van der Waals surface area (Å²) in [6, 6.07) is 24.8. The molecule has 0 unspecified atom stereocenters. The molecule has 0 aliphatic heterocycles. The van der Waals surface area contributed by atoms with Crippen molar-refractivity contribution in [1.82, 2.24) is 4.98 Å². The van der Waals surface area contributed by atoms with Gasteiger partial charge < -0.3 is 13.9 Å². The number of aliphatic hydroxyl groups is 1. The number of rotatable bonds is 11. The molecule has 0 aliphatic rings. The Bertz CT molecular complexity index is 2240. The number of benzene rings is 3. The Labute approximate surface area is 336 Å². The third kappa shape index (κ3) is 8.93. The van der Waals surface area contributed by atoms with Gasteiger partial charge in [0.05, 0.1) is 5.56 Å². The number of carbonyl (C=O) groups excluding carboxylic acids is 1. The SMILES string of the molecule is CC(C)Cc1ccc2occ(-c3cc4ccnc(-c5[c-]c6ccccc6c(C(C)(C)C)c5)c4o3)c2c1.CCC(C)(CC)C(=O)/C=C(\O)C(C)(CC)CC.[Ir]. The van der Waals surface area contributed by atoms with Crippen LogP contribution in [0.2, 0.25) is 0 Å². The second kappa shape index (κ2) is 17.2. The molecule has 6 aromatic rings. The Hall–Kier alpha value is -3.99. The number of hydrogen-bond donors (Lipinski definition) is 1. The maximum atomic E-state index is 12.2. The topological polar surface area (TPSA) is 76.5 Å². The number of carbonyl (C=O) groups is 1. The molecule has 0 amide bonds. The predicted octanol–water partition coefficient (Wildman–Crippen LogP) is 14.0. The number of hydrogen-bond acceptors (Lipinski definition) is 5. The van der Waals surface area contributed by atoms with Crippen LogP contribution in [0.25, 0.3) is 55.3 Å². The summed E-state index contributed by atoms with van der Waals surface area (Å²) in [7, 11) is 0. The number of allylic oxidation sites excluding steroid dienone is 2. The third-order valence-electron chi connectivity index (χ3n) is 11.4. The van der Waals surface area contributed by atoms with Gasteiger partial charge >= 0.3 is 0 Å². The van der Waals surface area contributed by atoms with Crippen LogP contribution in [0.5, 0.6) is 0 Å². The molecule has 3 aromatic heterocycles. The number of nitrogens with zero attached hydrogens (tertiary/aromatic N) is 1. The Balaban J connectivity index is 0.000000309. The van der Waals surface area contributed by atoms with Crippen molar-refractivity contribution in [1.29, 1.82) is 0 Å². The van der Waals surface area contributed by atoms with Crippen molar-refractivity contribution in [3.63, 3.8) is 0 Å². The van der Waals surface area contributed by atoms with E-state index in [9.17, 15) is 9.90 Å². The van der Waals surface area contributed by atoms with Crippen molar-refractivity contribution >= 4 is 38.5 Å². The molecule has 5 nitrogen and oxygen atoms in total. The van der Waals surface area contributed by atoms with E-state index in [1.165, 1.54) is 22.6 Å². The number of aromatic nitrogens is 1. The minimum absolute atomic E-state index is 0. The summed E-state index contributed by atoms with van der Waals surface area (Å²) >= 11 is 0. The average Bonchev–Trinajstić information content (AvgIpc) is 3.77. The van der Waals surface area contributed by atoms with E-state index in [1.54, 1.807) is 6.26 Å². The van der Waals surface area contributed by atoms with Crippen molar-refractivity contribution in [2.75, 3.05) is 0 Å². The molecule has 0 aliphatic carbocycles. The quantitative estimate of drug-likeness (QED) is 0.0796. The summed E-state index contributed by atoms with van der Waals surface area (Å²) in [6.45, 7) is 23.3. The fraction of sp³-hybridized carbons (Fsp3) is 0.417. The second-order valence-electron chi connectivity index (χ2n) is 16.6. The summed E-state index contributed by atoms with van der Waals surface area (Å²) in [5, 5.41) is 14.5. The van der Waals surface area contributed by atoms with Crippen LogP contribution < -0.4 is 0 Å². The van der Waals surface area contributed by atoms with E-state index >= 15 is 0 Å². The first-order chi connectivity index (χ1) is 25.1. The van der Waals surface area contributed by atoms with Crippen LogP contribution in [0.4, 0.5) is 0 Å². The smallest absolute Gasteiger partial charge is 0.164 e. The monoisotopic (exact) mass is 905 g/mol. The van der Waals surface area contributed by atoms with E-state index in [1.807, 2.05) is 53.8 Å². The fourth-order valence-electron chi connectivity index (χ4n) is 6.82. The van der Waals surface area contributed by atoms with Crippen molar-refractivity contribution in [2.45, 2.75) is 114 Å². The van der Waals surface area contributed by atoms with Crippen LogP contribution in [0.1, 0.15) is 113 Å². The molecular formula is C48H58IrNO4-. The first-order valence-electron chi connectivity index (χ1n) is 19.4. The van der Waals surface area contributed by atoms with Gasteiger partial charge in [0.1, 0.15) is 28.9 Å². The number of furan rings is 2. The zero-order chi connectivity index (χ0) is 38.7. The molecule has 289 valence electrons. The third-order valence-corrected chi connectivity index (χ3v) is 11.4. The maximum absolute atomic E-state index is 12.2. The summed E-state index contributed by atoms with van der Waals surface area (Å²) < 4.78 is 12.4. The molecule has 54 heavy (non-hydrogen) atoms. The number of fused-ring (bicyclic) bond motifs is 3. The molecule has 3 heterocycles. The zero-order valence-electron chi connectivity index (χ0n) is 34.1. The van der Waals surface area contributed by atoms with Crippen molar-refractivity contribution in [2.24, 2.45) is 16.7 Å². The van der Waals surface area contributed by atoms with Gasteiger partial charge in [0, 0.05) is 59.7 Å². The van der Waals surface area contributed by atoms with E-state index in [-0.39, 0.29) is 47.9 Å². The van der Waals surface area contributed by atoms with Crippen LogP contribution >= 0.6 is 0 Å². The summed E-state index contributed by atoms with van der Waals surface area (Å²) in [5.74, 6) is 1.67. The van der Waals surface area contributed by atoms with Gasteiger partial charge in [-0.1, -0.05) is 111 Å². The van der Waals surface area contributed by atoms with Crippen LogP contribution in [-0.4, -0.2) is 15.9 Å². The largest absolute Gasteiger partial charge is 0.512 e. The van der Waals surface area contributed by atoms with Crippen LogP contribution in [0, 0.1) is 22.8 Å². The van der Waals surface area contributed by atoms with Gasteiger partial charge in [0.25, 0.3) is 0 Å². The van der Waals surface area contributed by atoms with Gasteiger partial charge in [0.15, 0.2) is 5.78 Å². The van der Waals surface area contributed by atoms with Gasteiger partial charge in [-0.25, -0.2) is 0 Å². The Morgan fingerprint density at radius 2 is 1.54 bits per heavy atom. The molecule has 3 aromatic carbocycles. The average molecular weight is 905 g/mol. The van der Waals surface area contributed by atoms with Gasteiger partial charge in [-0.05, 0) is 73.3 Å². The first-order valence-corrected chi connectivity index (χ1v) is 19.4. The fourth-order valence-corrected chi connectivity index (χ4v) is 6.82. The first kappa shape index (κ1) is 42.7. The van der Waals surface area contributed by atoms with Crippen molar-refractivity contribution in [3.05, 3.63) is 102 Å². The maximum Gasteiger partial charge on any atom is 0.164 e. The summed E-state index contributed by atoms with van der Waals surface area (Å²) in [4.78, 5) is 16.9. The molecule has 0 fully saturated rings. The summed E-state index contributed by atoms with van der Waals surface area (Å²) in [5.41, 5.74) is 6.32. The van der Waals surface area contributed by atoms with E-state index in [4.69, 9.17) is 13.8 Å². The standard InChI is InChI=1S/C33H30NO2.C15H28O2.Ir/c1-20(2)14-21-10-11-29-26(15-21)27(19-35-29)30-18-23-12-13-34-31(32(23)36-30)24-16-22-8-6-7-9-25(22)28(17-24)33(3,4)5;1-7-14(5,8-2)12(16)11-13(17)15(6,9-3)10-4;/h6-13,15,17-20H,14H2,1-5H3;11,16H,7-10H2,1-6H3;/q-1;;/b;12-11-;. The minimum Gasteiger partial charge on any atom is -0.512 e. The second-order valence-corrected chi connectivity index (χ2v) is 16.6. The molecule has 6 rings (SSSR count). The molecule has 0 saturated carbocycles. The molecule has 1 N–H and O–H groups in total. The molecular weight excluding hydrogens is 847 g/mol. The van der Waals surface area contributed by atoms with E-state index in [2.05, 4.69) is 95.3 Å². The van der Waals surface area contributed by atoms with Crippen LogP contribution in [0.15, 0.2) is 93.8 Å². The number of pyridine rings is 1. The van der Waals surface area contributed by atoms with E-state index in [0.717, 1.165) is 82.0 Å². The van der Waals surface area contributed by atoms with Crippen molar-refractivity contribution in [3.8, 4) is 22.6 Å². The van der Waals surface area contributed by atoms with Gasteiger partial charge in [-0.2, -0.15) is 0 Å². The Morgan fingerprint density at radius 1 is 0.870 bits per heavy atom. The van der Waals surface area contributed by atoms with Gasteiger partial charge in [0.2, 0.25) is 0 Å². The molecule has 0 saturated heterocycles. The van der Waals surface area contributed by atoms with E-state index < -0.39 is 0 Å². The Morgan fingerprint density at radius 3 is 2.17 bits per heavy atom. The molecule has 0 bridgehead atoms. The van der Waals surface area contributed by atoms with Crippen LogP contribution in [-0.2, 0) is 36.7 Å². The number of ketones is 1. The normalized spacial score (nSPS) is 12.6. The molecule has 1 radical (unpaired) electrons. The Kier molecular flexibility index (Phi) is 13.6. The minimum atomic E-state index is -0.337. The van der Waals surface area contributed by atoms with Crippen LogP contribution in [0.3, 0.4) is 0 Å². The summed E-state index contributed by atoms with van der Waals surface area (Å²) in [6.07, 6.45) is 9.44. The molecule has 6 heteroatoms. The van der Waals surface area contributed by atoms with Gasteiger partial charge in [-0.3, -0.25) is 9.78 Å². The zero-order valence-corrected chi connectivity index (χ0v) is 36.5. The van der Waals surface area contributed by atoms with Gasteiger partial charge in [-0.15, -0.1) is 29.1 Å². The van der Waals surface area contributed by atoms with Crippen molar-refractivity contribution < 1.29 is 38.8 Å². The van der Waals surface area contributed by atoms with E-state index in [0.29, 0.717) is 5.92 Å².